The molecule has 1 aliphatic heterocycles. The standard InChI is InChI=1S/C36H25FN2O6/c1-17-15-27(40)24-16-23-20(29(31(24)32(17)41)21-5-4-6-25(37)33(21)42)13-14-22-30(23)36(44)39(35(22)43)19-11-9-18(10-12-19)34-38-26-7-2-3-8-28(26)45-34/h2-13,15,22-23,29-30,42H,14,16H2,1H3/t22-,23+,29+,30-/m0/s1. The van der Waals surface area contributed by atoms with E-state index in [1.54, 1.807) is 31.2 Å². The molecule has 4 aliphatic rings. The highest BCUT2D eigenvalue weighted by Gasteiger charge is 2.56. The van der Waals surface area contributed by atoms with E-state index in [1.165, 1.54) is 23.1 Å². The van der Waals surface area contributed by atoms with Crippen molar-refractivity contribution < 1.29 is 33.1 Å². The lowest BCUT2D eigenvalue weighted by Crippen LogP contribution is -2.39. The Kier molecular flexibility index (Phi) is 5.90. The minimum atomic E-state index is -0.928. The topological polar surface area (TPSA) is 118 Å². The molecule has 8 nitrogen and oxygen atoms in total. The number of nitrogens with zero attached hydrogens (tertiary/aromatic N) is 2. The number of aromatic hydroxyl groups is 1. The number of oxazole rings is 1. The van der Waals surface area contributed by atoms with Crippen molar-refractivity contribution >= 4 is 40.2 Å². The summed E-state index contributed by atoms with van der Waals surface area (Å²) in [4.78, 5) is 60.5. The van der Waals surface area contributed by atoms with Crippen molar-refractivity contribution in [3.63, 3.8) is 0 Å². The van der Waals surface area contributed by atoms with Gasteiger partial charge < -0.3 is 9.52 Å². The number of amides is 2. The number of hydrogen-bond donors (Lipinski definition) is 1. The lowest BCUT2D eigenvalue weighted by molar-refractivity contribution is -0.123. The maximum atomic E-state index is 14.6. The minimum absolute atomic E-state index is 0.0901. The first-order chi connectivity index (χ1) is 21.7. The van der Waals surface area contributed by atoms with Crippen molar-refractivity contribution in [1.29, 1.82) is 0 Å². The number of imide groups is 1. The van der Waals surface area contributed by atoms with Gasteiger partial charge in [0.15, 0.2) is 28.7 Å². The minimum Gasteiger partial charge on any atom is -0.505 e. The monoisotopic (exact) mass is 600 g/mol. The van der Waals surface area contributed by atoms with Crippen LogP contribution in [0.15, 0.2) is 106 Å². The lowest BCUT2D eigenvalue weighted by Gasteiger charge is -2.42. The maximum absolute atomic E-state index is 14.6. The Balaban J connectivity index is 1.17. The van der Waals surface area contributed by atoms with Crippen molar-refractivity contribution in [2.45, 2.75) is 25.7 Å². The number of carbonyl (C=O) groups is 4. The number of rotatable bonds is 3. The fourth-order valence-electron chi connectivity index (χ4n) is 7.48. The zero-order valence-electron chi connectivity index (χ0n) is 24.0. The van der Waals surface area contributed by atoms with Crippen LogP contribution in [0.1, 0.15) is 31.2 Å². The van der Waals surface area contributed by atoms with Crippen LogP contribution in [0.25, 0.3) is 22.6 Å². The second-order valence-corrected chi connectivity index (χ2v) is 12.0. The number of para-hydroxylation sites is 3. The van der Waals surface area contributed by atoms with E-state index in [4.69, 9.17) is 4.42 Å². The van der Waals surface area contributed by atoms with Crippen molar-refractivity contribution in [3.05, 3.63) is 113 Å². The number of allylic oxidation sites excluding steroid dienone is 6. The highest BCUT2D eigenvalue weighted by molar-refractivity contribution is 6.25. The Labute approximate surface area is 256 Å². The Bertz CT molecular complexity index is 2070. The van der Waals surface area contributed by atoms with Gasteiger partial charge >= 0.3 is 0 Å². The summed E-state index contributed by atoms with van der Waals surface area (Å²) in [5.41, 5.74) is 3.93. The Morgan fingerprint density at radius 1 is 0.933 bits per heavy atom. The molecule has 0 bridgehead atoms. The maximum Gasteiger partial charge on any atom is 0.238 e. The van der Waals surface area contributed by atoms with Gasteiger partial charge in [0.1, 0.15) is 5.52 Å². The molecule has 8 rings (SSSR count). The Morgan fingerprint density at radius 2 is 1.71 bits per heavy atom. The Morgan fingerprint density at radius 3 is 2.49 bits per heavy atom. The third kappa shape index (κ3) is 3.93. The summed E-state index contributed by atoms with van der Waals surface area (Å²) < 4.78 is 20.5. The summed E-state index contributed by atoms with van der Waals surface area (Å²) in [5, 5.41) is 10.8. The molecule has 4 aromatic rings. The lowest BCUT2D eigenvalue weighted by atomic mass is 9.59. The number of carbonyl (C=O) groups excluding carboxylic acids is 4. The molecule has 0 unspecified atom stereocenters. The van der Waals surface area contributed by atoms with Crippen LogP contribution in [-0.2, 0) is 19.2 Å². The van der Waals surface area contributed by atoms with Crippen LogP contribution in [0.5, 0.6) is 5.75 Å². The zero-order valence-corrected chi connectivity index (χ0v) is 24.0. The third-order valence-electron chi connectivity index (χ3n) is 9.56. The molecule has 1 N–H and O–H groups in total. The van der Waals surface area contributed by atoms with Gasteiger partial charge in [0.05, 0.1) is 17.5 Å². The molecule has 1 saturated heterocycles. The first-order valence-electron chi connectivity index (χ1n) is 14.7. The SMILES string of the molecule is CC1=CC(=O)C2=C(C1=O)[C@@H](c1cccc(F)c1O)C1=CC[C@@H]3C(=O)N(c4ccc(-c5nc6ccccc6o5)cc4)C(=O)[C@@H]3[C@@H]1C2. The van der Waals surface area contributed by atoms with E-state index in [2.05, 4.69) is 4.98 Å². The van der Waals surface area contributed by atoms with Crippen LogP contribution in [0, 0.1) is 23.6 Å². The van der Waals surface area contributed by atoms with Crippen LogP contribution in [0.2, 0.25) is 0 Å². The smallest absolute Gasteiger partial charge is 0.238 e. The fraction of sp³-hybridized carbons (Fsp3) is 0.194. The van der Waals surface area contributed by atoms with E-state index in [1.807, 2.05) is 30.3 Å². The molecule has 222 valence electrons. The molecule has 0 spiro atoms. The first-order valence-corrected chi connectivity index (χ1v) is 14.7. The predicted molar refractivity (Wildman–Crippen MR) is 161 cm³/mol. The number of halogens is 1. The van der Waals surface area contributed by atoms with Crippen molar-refractivity contribution in [2.75, 3.05) is 4.90 Å². The molecule has 1 fully saturated rings. The number of ketones is 2. The number of benzene rings is 3. The summed E-state index contributed by atoms with van der Waals surface area (Å²) in [5.74, 6) is -5.49. The van der Waals surface area contributed by atoms with Crippen molar-refractivity contribution in [3.8, 4) is 17.2 Å². The van der Waals surface area contributed by atoms with E-state index < -0.39 is 41.1 Å². The number of phenolic OH excluding ortho intramolecular Hbond substituents is 1. The quantitative estimate of drug-likeness (QED) is 0.175. The van der Waals surface area contributed by atoms with E-state index in [0.29, 0.717) is 33.8 Å². The molecule has 45 heavy (non-hydrogen) atoms. The first kappa shape index (κ1) is 27.1. The molecular weight excluding hydrogens is 575 g/mol. The van der Waals surface area contributed by atoms with Crippen LogP contribution < -0.4 is 4.90 Å². The third-order valence-corrected chi connectivity index (χ3v) is 9.56. The van der Waals surface area contributed by atoms with Crippen molar-refractivity contribution in [1.82, 2.24) is 4.98 Å². The number of aromatic nitrogens is 1. The number of phenols is 1. The molecule has 3 aromatic carbocycles. The van der Waals surface area contributed by atoms with Gasteiger partial charge in [-0.1, -0.05) is 35.9 Å². The van der Waals surface area contributed by atoms with Gasteiger partial charge in [-0.3, -0.25) is 24.1 Å². The van der Waals surface area contributed by atoms with E-state index in [9.17, 15) is 28.7 Å². The summed E-state index contributed by atoms with van der Waals surface area (Å²) in [7, 11) is 0. The highest BCUT2D eigenvalue weighted by Crippen LogP contribution is 2.56. The van der Waals surface area contributed by atoms with Gasteiger partial charge in [-0.05, 0) is 74.2 Å². The molecule has 2 heterocycles. The normalized spacial score (nSPS) is 24.4. The van der Waals surface area contributed by atoms with Gasteiger partial charge in [-0.15, -0.1) is 0 Å². The largest absolute Gasteiger partial charge is 0.505 e. The van der Waals surface area contributed by atoms with Crippen LogP contribution in [-0.4, -0.2) is 33.5 Å². The number of fused-ring (bicyclic) bond motifs is 4. The highest BCUT2D eigenvalue weighted by atomic mass is 19.1. The van der Waals surface area contributed by atoms with Gasteiger partial charge in [0.25, 0.3) is 0 Å². The van der Waals surface area contributed by atoms with Crippen LogP contribution >= 0.6 is 0 Å². The number of hydrogen-bond acceptors (Lipinski definition) is 7. The summed E-state index contributed by atoms with van der Waals surface area (Å²) in [6, 6.07) is 18.3. The Hall–Kier alpha value is -5.44. The molecule has 1 aromatic heterocycles. The molecule has 0 radical (unpaired) electrons. The molecule has 2 amide bonds. The molecule has 4 atom stereocenters. The van der Waals surface area contributed by atoms with Gasteiger partial charge in [-0.25, -0.2) is 9.37 Å². The van der Waals surface area contributed by atoms with E-state index >= 15 is 0 Å². The van der Waals surface area contributed by atoms with Gasteiger partial charge in [0.2, 0.25) is 17.7 Å². The summed E-state index contributed by atoms with van der Waals surface area (Å²) in [6.07, 6.45) is 3.43. The average Bonchev–Trinajstić information content (AvgIpc) is 3.59. The molecule has 0 saturated carbocycles. The summed E-state index contributed by atoms with van der Waals surface area (Å²) >= 11 is 0. The van der Waals surface area contributed by atoms with E-state index in [-0.39, 0.29) is 52.6 Å². The van der Waals surface area contributed by atoms with Crippen molar-refractivity contribution in [2.24, 2.45) is 17.8 Å². The van der Waals surface area contributed by atoms with Gasteiger partial charge in [0, 0.05) is 33.8 Å². The number of anilines is 1. The summed E-state index contributed by atoms with van der Waals surface area (Å²) in [6.45, 7) is 1.55. The van der Waals surface area contributed by atoms with Gasteiger partial charge in [-0.2, -0.15) is 0 Å². The second-order valence-electron chi connectivity index (χ2n) is 12.0. The molecular formula is C36H25FN2O6. The van der Waals surface area contributed by atoms with Crippen LogP contribution in [0.3, 0.4) is 0 Å². The molecule has 9 heteroatoms. The molecule has 3 aliphatic carbocycles. The van der Waals surface area contributed by atoms with E-state index in [0.717, 1.165) is 6.07 Å². The average molecular weight is 601 g/mol. The second kappa shape index (κ2) is 9.79. The van der Waals surface area contributed by atoms with Crippen LogP contribution in [0.4, 0.5) is 10.1 Å². The zero-order chi connectivity index (χ0) is 31.1. The predicted octanol–water partition coefficient (Wildman–Crippen LogP) is 5.97. The fourth-order valence-corrected chi connectivity index (χ4v) is 7.48. The number of Topliss-reactive ketones (excluding diaryl/α,β-unsaturated/α-hetero) is 1.